The molecule has 0 spiro atoms. The maximum absolute atomic E-state index is 13.7. The van der Waals surface area contributed by atoms with Crippen LogP contribution in [0.1, 0.15) is 10.5 Å². The number of nitrogens with zero attached hydrogens (tertiary/aromatic N) is 1. The number of hydrogen-bond donors (Lipinski definition) is 2. The van der Waals surface area contributed by atoms with Crippen LogP contribution in [0, 0.1) is 11.6 Å². The molecule has 0 atom stereocenters. The van der Waals surface area contributed by atoms with E-state index < -0.39 is 17.5 Å². The maximum atomic E-state index is 13.7. The number of carbonyl (C=O) groups is 1. The molecule has 7 heteroatoms. The quantitative estimate of drug-likeness (QED) is 0.714. The predicted molar refractivity (Wildman–Crippen MR) is 94.8 cm³/mol. The normalized spacial score (nSPS) is 10.3. The number of ether oxygens (including phenoxy) is 1. The second-order valence-electron chi connectivity index (χ2n) is 5.34. The number of pyridine rings is 1. The van der Waals surface area contributed by atoms with E-state index in [1.165, 1.54) is 25.4 Å². The van der Waals surface area contributed by atoms with Crippen molar-refractivity contribution < 1.29 is 18.3 Å². The van der Waals surface area contributed by atoms with Gasteiger partial charge in [-0.1, -0.05) is 12.1 Å². The van der Waals surface area contributed by atoms with Crippen molar-refractivity contribution in [2.45, 2.75) is 0 Å². The molecule has 26 heavy (non-hydrogen) atoms. The number of nitrogens with one attached hydrogen (secondary N) is 2. The number of halogens is 2. The predicted octanol–water partition coefficient (Wildman–Crippen LogP) is 4.36. The molecule has 1 amide bonds. The van der Waals surface area contributed by atoms with Crippen molar-refractivity contribution in [1.29, 1.82) is 0 Å². The number of hydrogen-bond acceptors (Lipinski definition) is 4. The molecule has 3 aromatic rings. The zero-order chi connectivity index (χ0) is 18.5. The molecule has 0 unspecified atom stereocenters. The molecule has 0 fully saturated rings. The average Bonchev–Trinajstić information content (AvgIpc) is 2.65. The fraction of sp³-hybridized carbons (Fsp3) is 0.0526. The van der Waals surface area contributed by atoms with E-state index in [0.717, 1.165) is 12.1 Å². The number of para-hydroxylation sites is 2. The standard InChI is InChI=1S/C19H15F2N3O2/c1-26-18-5-3-2-4-16(18)24-19(25)17-9-7-13(11-22-17)23-15-8-6-12(20)10-14(15)21/h2-11,23H,1H3,(H,24,25). The zero-order valence-corrected chi connectivity index (χ0v) is 13.8. The molecule has 0 radical (unpaired) electrons. The van der Waals surface area contributed by atoms with Gasteiger partial charge in [0.2, 0.25) is 0 Å². The van der Waals surface area contributed by atoms with Crippen LogP contribution in [0.4, 0.5) is 25.8 Å². The van der Waals surface area contributed by atoms with E-state index in [0.29, 0.717) is 17.1 Å². The highest BCUT2D eigenvalue weighted by molar-refractivity contribution is 6.03. The number of rotatable bonds is 5. The molecule has 5 nitrogen and oxygen atoms in total. The van der Waals surface area contributed by atoms with Crippen LogP contribution in [-0.2, 0) is 0 Å². The van der Waals surface area contributed by atoms with Gasteiger partial charge in [-0.3, -0.25) is 4.79 Å². The van der Waals surface area contributed by atoms with Gasteiger partial charge < -0.3 is 15.4 Å². The van der Waals surface area contributed by atoms with Crippen molar-refractivity contribution >= 4 is 23.0 Å². The molecular weight excluding hydrogens is 340 g/mol. The second-order valence-corrected chi connectivity index (χ2v) is 5.34. The Balaban J connectivity index is 1.71. The fourth-order valence-corrected chi connectivity index (χ4v) is 2.28. The summed E-state index contributed by atoms with van der Waals surface area (Å²) >= 11 is 0. The lowest BCUT2D eigenvalue weighted by Gasteiger charge is -2.10. The Morgan fingerprint density at radius 1 is 1.04 bits per heavy atom. The number of aromatic nitrogens is 1. The lowest BCUT2D eigenvalue weighted by Crippen LogP contribution is -2.14. The third-order valence-corrected chi connectivity index (χ3v) is 3.56. The van der Waals surface area contributed by atoms with E-state index >= 15 is 0 Å². The van der Waals surface area contributed by atoms with Gasteiger partial charge in [0, 0.05) is 6.07 Å². The molecule has 0 bridgehead atoms. The molecule has 3 rings (SSSR count). The van der Waals surface area contributed by atoms with Crippen LogP contribution in [-0.4, -0.2) is 18.0 Å². The first-order chi connectivity index (χ1) is 12.6. The third-order valence-electron chi connectivity index (χ3n) is 3.56. The number of carbonyl (C=O) groups excluding carboxylic acids is 1. The largest absolute Gasteiger partial charge is 0.495 e. The van der Waals surface area contributed by atoms with Crippen LogP contribution in [0.15, 0.2) is 60.8 Å². The first-order valence-electron chi connectivity index (χ1n) is 7.69. The second kappa shape index (κ2) is 7.60. The van der Waals surface area contributed by atoms with Gasteiger partial charge in [-0.15, -0.1) is 0 Å². The molecule has 0 aliphatic rings. The van der Waals surface area contributed by atoms with Crippen LogP contribution in [0.25, 0.3) is 0 Å². The van der Waals surface area contributed by atoms with Crippen molar-refractivity contribution in [1.82, 2.24) is 4.98 Å². The van der Waals surface area contributed by atoms with Gasteiger partial charge in [0.05, 0.1) is 30.4 Å². The molecular formula is C19H15F2N3O2. The molecule has 0 saturated heterocycles. The van der Waals surface area contributed by atoms with E-state index in [1.807, 2.05) is 0 Å². The van der Waals surface area contributed by atoms with Gasteiger partial charge >= 0.3 is 0 Å². The van der Waals surface area contributed by atoms with Crippen molar-refractivity contribution in [3.8, 4) is 5.75 Å². The Bertz CT molecular complexity index is 930. The van der Waals surface area contributed by atoms with E-state index in [-0.39, 0.29) is 11.4 Å². The topological polar surface area (TPSA) is 63.2 Å². The molecule has 0 aliphatic carbocycles. The van der Waals surface area contributed by atoms with Crippen molar-refractivity contribution in [2.24, 2.45) is 0 Å². The fourth-order valence-electron chi connectivity index (χ4n) is 2.28. The monoisotopic (exact) mass is 355 g/mol. The summed E-state index contributed by atoms with van der Waals surface area (Å²) in [6, 6.07) is 13.3. The first-order valence-corrected chi connectivity index (χ1v) is 7.69. The molecule has 2 aromatic carbocycles. The number of amides is 1. The van der Waals surface area contributed by atoms with Crippen molar-refractivity contribution in [3.63, 3.8) is 0 Å². The average molecular weight is 355 g/mol. The Kier molecular flexibility index (Phi) is 5.07. The van der Waals surface area contributed by atoms with Crippen LogP contribution < -0.4 is 15.4 Å². The van der Waals surface area contributed by atoms with Crippen LogP contribution in [0.3, 0.4) is 0 Å². The number of anilines is 3. The van der Waals surface area contributed by atoms with E-state index in [9.17, 15) is 13.6 Å². The molecule has 0 aliphatic heterocycles. The van der Waals surface area contributed by atoms with Crippen LogP contribution >= 0.6 is 0 Å². The summed E-state index contributed by atoms with van der Waals surface area (Å²) in [7, 11) is 1.51. The third kappa shape index (κ3) is 3.94. The lowest BCUT2D eigenvalue weighted by atomic mass is 10.2. The molecule has 1 heterocycles. The van der Waals surface area contributed by atoms with Gasteiger partial charge in [0.15, 0.2) is 0 Å². The summed E-state index contributed by atoms with van der Waals surface area (Å²) in [6.45, 7) is 0. The van der Waals surface area contributed by atoms with Gasteiger partial charge in [-0.2, -0.15) is 0 Å². The van der Waals surface area contributed by atoms with Gasteiger partial charge in [0.25, 0.3) is 5.91 Å². The van der Waals surface area contributed by atoms with E-state index in [1.54, 1.807) is 30.3 Å². The minimum absolute atomic E-state index is 0.111. The Morgan fingerprint density at radius 3 is 2.54 bits per heavy atom. The molecule has 2 N–H and O–H groups in total. The minimum atomic E-state index is -0.719. The Labute approximate surface area is 148 Å². The van der Waals surface area contributed by atoms with Gasteiger partial charge in [-0.05, 0) is 36.4 Å². The summed E-state index contributed by atoms with van der Waals surface area (Å²) < 4.78 is 31.8. The number of benzene rings is 2. The van der Waals surface area contributed by atoms with E-state index in [4.69, 9.17) is 4.74 Å². The highest BCUT2D eigenvalue weighted by atomic mass is 19.1. The summed E-state index contributed by atoms with van der Waals surface area (Å²) in [5, 5.41) is 5.49. The zero-order valence-electron chi connectivity index (χ0n) is 13.8. The Morgan fingerprint density at radius 2 is 1.85 bits per heavy atom. The summed E-state index contributed by atoms with van der Waals surface area (Å²) in [5.74, 6) is -1.25. The summed E-state index contributed by atoms with van der Waals surface area (Å²) in [4.78, 5) is 16.4. The van der Waals surface area contributed by atoms with E-state index in [2.05, 4.69) is 15.6 Å². The Hall–Kier alpha value is -3.48. The van der Waals surface area contributed by atoms with Crippen molar-refractivity contribution in [2.75, 3.05) is 17.7 Å². The van der Waals surface area contributed by atoms with Crippen LogP contribution in [0.5, 0.6) is 5.75 Å². The first kappa shape index (κ1) is 17.3. The lowest BCUT2D eigenvalue weighted by molar-refractivity contribution is 0.102. The summed E-state index contributed by atoms with van der Waals surface area (Å²) in [5.41, 5.74) is 1.28. The summed E-state index contributed by atoms with van der Waals surface area (Å²) in [6.07, 6.45) is 1.39. The highest BCUT2D eigenvalue weighted by Gasteiger charge is 2.11. The van der Waals surface area contributed by atoms with Gasteiger partial charge in [0.1, 0.15) is 23.1 Å². The molecule has 0 saturated carbocycles. The maximum Gasteiger partial charge on any atom is 0.274 e. The smallest absolute Gasteiger partial charge is 0.274 e. The molecule has 132 valence electrons. The SMILES string of the molecule is COc1ccccc1NC(=O)c1ccc(Nc2ccc(F)cc2F)cn1. The number of methoxy groups -OCH3 is 1. The minimum Gasteiger partial charge on any atom is -0.495 e. The highest BCUT2D eigenvalue weighted by Crippen LogP contribution is 2.24. The van der Waals surface area contributed by atoms with Crippen molar-refractivity contribution in [3.05, 3.63) is 78.1 Å². The van der Waals surface area contributed by atoms with Crippen LogP contribution in [0.2, 0.25) is 0 Å². The molecule has 1 aromatic heterocycles. The van der Waals surface area contributed by atoms with Gasteiger partial charge in [-0.25, -0.2) is 13.8 Å².